The molecule has 1 nitrogen and oxygen atoms in total. The van der Waals surface area contributed by atoms with E-state index in [0.717, 1.165) is 26.9 Å². The monoisotopic (exact) mass is 372 g/mol. The van der Waals surface area contributed by atoms with E-state index < -0.39 is 0 Å². The van der Waals surface area contributed by atoms with Crippen LogP contribution < -0.4 is 4.74 Å². The molecule has 0 saturated heterocycles. The van der Waals surface area contributed by atoms with E-state index in [1.807, 2.05) is 6.07 Å². The van der Waals surface area contributed by atoms with Crippen molar-refractivity contribution in [3.05, 3.63) is 62.1 Å². The fourth-order valence-electron chi connectivity index (χ4n) is 2.26. The van der Waals surface area contributed by atoms with Gasteiger partial charge in [0.1, 0.15) is 5.75 Å². The van der Waals surface area contributed by atoms with Gasteiger partial charge < -0.3 is 4.74 Å². The number of rotatable bonds is 3. The number of benzene rings is 2. The lowest BCUT2D eigenvalue weighted by Gasteiger charge is -2.18. The molecule has 2 aromatic carbocycles. The largest absolute Gasteiger partial charge is 0.495 e. The van der Waals surface area contributed by atoms with Crippen LogP contribution in [0.4, 0.5) is 0 Å². The third-order valence-electron chi connectivity index (χ3n) is 3.21. The van der Waals surface area contributed by atoms with Crippen LogP contribution in [0.5, 0.6) is 5.75 Å². The molecule has 1 atom stereocenters. The average Bonchev–Trinajstić information content (AvgIpc) is 2.37. The van der Waals surface area contributed by atoms with E-state index in [0.29, 0.717) is 5.02 Å². The van der Waals surface area contributed by atoms with E-state index in [2.05, 4.69) is 48.0 Å². The van der Waals surface area contributed by atoms with Gasteiger partial charge in [-0.1, -0.05) is 35.4 Å². The van der Waals surface area contributed by atoms with Gasteiger partial charge >= 0.3 is 0 Å². The van der Waals surface area contributed by atoms with E-state index in [1.54, 1.807) is 13.2 Å². The molecule has 4 heteroatoms. The second kappa shape index (κ2) is 6.38. The topological polar surface area (TPSA) is 9.23 Å². The van der Waals surface area contributed by atoms with E-state index in [-0.39, 0.29) is 5.38 Å². The minimum atomic E-state index is -0.305. The molecule has 1 unspecified atom stereocenters. The zero-order chi connectivity index (χ0) is 14.9. The van der Waals surface area contributed by atoms with Crippen molar-refractivity contribution in [2.24, 2.45) is 0 Å². The average molecular weight is 374 g/mol. The van der Waals surface area contributed by atoms with Crippen LogP contribution in [0.1, 0.15) is 27.6 Å². The first-order valence-corrected chi connectivity index (χ1v) is 7.79. The third kappa shape index (κ3) is 3.13. The normalized spacial score (nSPS) is 12.3. The third-order valence-corrected chi connectivity index (χ3v) is 4.49. The Morgan fingerprint density at radius 1 is 1.10 bits per heavy atom. The molecule has 0 amide bonds. The molecule has 0 aliphatic rings. The molecule has 0 N–H and O–H groups in total. The minimum absolute atomic E-state index is 0.305. The number of halogens is 3. The van der Waals surface area contributed by atoms with E-state index >= 15 is 0 Å². The quantitative estimate of drug-likeness (QED) is 0.594. The van der Waals surface area contributed by atoms with E-state index in [1.165, 1.54) is 5.56 Å². The molecule has 0 aromatic heterocycles. The van der Waals surface area contributed by atoms with Crippen LogP contribution in [-0.4, -0.2) is 7.11 Å². The first-order valence-electron chi connectivity index (χ1n) is 6.18. The minimum Gasteiger partial charge on any atom is -0.495 e. The van der Waals surface area contributed by atoms with Crippen LogP contribution in [0.2, 0.25) is 5.02 Å². The Morgan fingerprint density at radius 2 is 1.80 bits per heavy atom. The number of hydrogen-bond acceptors (Lipinski definition) is 1. The SMILES string of the molecule is COc1c(Br)cc(Cl)cc1C(Cl)c1ccc(C)cc1C. The predicted molar refractivity (Wildman–Crippen MR) is 89.3 cm³/mol. The van der Waals surface area contributed by atoms with Gasteiger partial charge in [-0.3, -0.25) is 0 Å². The van der Waals surface area contributed by atoms with Gasteiger partial charge in [-0.15, -0.1) is 11.6 Å². The smallest absolute Gasteiger partial charge is 0.138 e. The first-order chi connectivity index (χ1) is 9.43. The van der Waals surface area contributed by atoms with Crippen molar-refractivity contribution < 1.29 is 4.74 Å². The highest BCUT2D eigenvalue weighted by Gasteiger charge is 2.20. The summed E-state index contributed by atoms with van der Waals surface area (Å²) in [6.07, 6.45) is 0. The van der Waals surface area contributed by atoms with Crippen molar-refractivity contribution in [1.29, 1.82) is 0 Å². The summed E-state index contributed by atoms with van der Waals surface area (Å²) in [4.78, 5) is 0. The molecule has 2 rings (SSSR count). The van der Waals surface area contributed by atoms with Crippen molar-refractivity contribution in [2.75, 3.05) is 7.11 Å². The van der Waals surface area contributed by atoms with Gasteiger partial charge in [0.05, 0.1) is 17.0 Å². The molecular formula is C16H15BrCl2O. The van der Waals surface area contributed by atoms with Crippen molar-refractivity contribution in [1.82, 2.24) is 0 Å². The summed E-state index contributed by atoms with van der Waals surface area (Å²) in [5, 5.41) is 0.323. The van der Waals surface area contributed by atoms with Gasteiger partial charge in [0.25, 0.3) is 0 Å². The fourth-order valence-corrected chi connectivity index (χ4v) is 3.66. The number of alkyl halides is 1. The number of ether oxygens (including phenoxy) is 1. The maximum absolute atomic E-state index is 6.66. The Bertz CT molecular complexity index is 641. The second-order valence-corrected chi connectivity index (χ2v) is 6.46. The Morgan fingerprint density at radius 3 is 2.40 bits per heavy atom. The molecule has 2 aromatic rings. The highest BCUT2D eigenvalue weighted by molar-refractivity contribution is 9.10. The van der Waals surface area contributed by atoms with Crippen LogP contribution in [0.3, 0.4) is 0 Å². The van der Waals surface area contributed by atoms with Crippen LogP contribution in [0.15, 0.2) is 34.8 Å². The number of aryl methyl sites for hydroxylation is 2. The lowest BCUT2D eigenvalue weighted by atomic mass is 9.98. The van der Waals surface area contributed by atoms with Gasteiger partial charge in [-0.2, -0.15) is 0 Å². The van der Waals surface area contributed by atoms with Crippen molar-refractivity contribution in [3.63, 3.8) is 0 Å². The molecule has 0 aliphatic carbocycles. The Labute approximate surface area is 138 Å². The highest BCUT2D eigenvalue weighted by atomic mass is 79.9. The molecule has 106 valence electrons. The maximum Gasteiger partial charge on any atom is 0.138 e. The van der Waals surface area contributed by atoms with E-state index in [9.17, 15) is 0 Å². The Kier molecular flexibility index (Phi) is 5.00. The maximum atomic E-state index is 6.66. The molecule has 0 saturated carbocycles. The van der Waals surface area contributed by atoms with Crippen molar-refractivity contribution in [3.8, 4) is 5.75 Å². The Balaban J connectivity index is 2.55. The Hall–Kier alpha value is -0.700. The molecule has 0 heterocycles. The summed E-state index contributed by atoms with van der Waals surface area (Å²) in [6, 6.07) is 9.88. The number of methoxy groups -OCH3 is 1. The van der Waals surface area contributed by atoms with Gasteiger partial charge in [0, 0.05) is 10.6 Å². The van der Waals surface area contributed by atoms with Gasteiger partial charge in [0.15, 0.2) is 0 Å². The van der Waals surface area contributed by atoms with Crippen LogP contribution in [0, 0.1) is 13.8 Å². The summed E-state index contributed by atoms with van der Waals surface area (Å²) in [5.74, 6) is 0.717. The molecular weight excluding hydrogens is 359 g/mol. The van der Waals surface area contributed by atoms with Crippen LogP contribution in [0.25, 0.3) is 0 Å². The summed E-state index contributed by atoms with van der Waals surface area (Å²) in [5.41, 5.74) is 4.29. The molecule has 20 heavy (non-hydrogen) atoms. The number of hydrogen-bond donors (Lipinski definition) is 0. The molecule has 0 radical (unpaired) electrons. The van der Waals surface area contributed by atoms with Crippen LogP contribution >= 0.6 is 39.1 Å². The zero-order valence-electron chi connectivity index (χ0n) is 11.5. The molecule has 0 aliphatic heterocycles. The zero-order valence-corrected chi connectivity index (χ0v) is 14.6. The van der Waals surface area contributed by atoms with Gasteiger partial charge in [0.2, 0.25) is 0 Å². The second-order valence-electron chi connectivity index (χ2n) is 4.73. The fraction of sp³-hybridized carbons (Fsp3) is 0.250. The summed E-state index contributed by atoms with van der Waals surface area (Å²) >= 11 is 16.3. The lowest BCUT2D eigenvalue weighted by molar-refractivity contribution is 0.407. The highest BCUT2D eigenvalue weighted by Crippen LogP contribution is 2.42. The molecule has 0 spiro atoms. The summed E-state index contributed by atoms with van der Waals surface area (Å²) < 4.78 is 6.25. The molecule has 0 bridgehead atoms. The predicted octanol–water partition coefficient (Wildman–Crippen LogP) is 6.06. The van der Waals surface area contributed by atoms with Crippen molar-refractivity contribution in [2.45, 2.75) is 19.2 Å². The standard InChI is InChI=1S/C16H15BrCl2O/c1-9-4-5-12(10(2)6-9)15(19)13-7-11(18)8-14(17)16(13)20-3/h4-8,15H,1-3H3. The van der Waals surface area contributed by atoms with Gasteiger partial charge in [-0.25, -0.2) is 0 Å². The van der Waals surface area contributed by atoms with Crippen LogP contribution in [-0.2, 0) is 0 Å². The molecule has 0 fully saturated rings. The summed E-state index contributed by atoms with van der Waals surface area (Å²) in [7, 11) is 1.63. The van der Waals surface area contributed by atoms with E-state index in [4.69, 9.17) is 27.9 Å². The van der Waals surface area contributed by atoms with Crippen molar-refractivity contribution >= 4 is 39.1 Å². The summed E-state index contributed by atoms with van der Waals surface area (Å²) in [6.45, 7) is 4.13. The lowest BCUT2D eigenvalue weighted by Crippen LogP contribution is -2.00. The first kappa shape index (κ1) is 15.7. The van der Waals surface area contributed by atoms with Gasteiger partial charge in [-0.05, 0) is 53.0 Å².